The van der Waals surface area contributed by atoms with Crippen LogP contribution in [0.4, 0.5) is 11.9 Å². The molecule has 0 amide bonds. The number of halogens is 5. The van der Waals surface area contributed by atoms with Crippen LogP contribution in [0.2, 0.25) is 20.4 Å². The number of anilines is 2. The molecule has 3 aliphatic rings. The number of nitrogens with zero attached hydrogens (tertiary/aromatic N) is 15. The number of fused-ring (bicyclic) bond motifs is 3. The van der Waals surface area contributed by atoms with E-state index in [1.165, 1.54) is 31.3 Å². The third-order valence-electron chi connectivity index (χ3n) is 14.1. The fourth-order valence-corrected chi connectivity index (χ4v) is 10.4. The molecule has 6 aromatic heterocycles. The predicted molar refractivity (Wildman–Crippen MR) is 313 cm³/mol. The average Bonchev–Trinajstić information content (AvgIpc) is 4.37. The fourth-order valence-electron chi connectivity index (χ4n) is 9.73. The Morgan fingerprint density at radius 3 is 1.23 bits per heavy atom. The Balaban J connectivity index is 0.000000186. The van der Waals surface area contributed by atoms with Crippen LogP contribution in [0.25, 0.3) is 50.6 Å². The van der Waals surface area contributed by atoms with E-state index in [-0.39, 0.29) is 94.5 Å². The molecule has 6 heterocycles. The van der Waals surface area contributed by atoms with Crippen LogP contribution in [0.15, 0.2) is 91.4 Å². The topological polar surface area (TPSA) is 339 Å². The van der Waals surface area contributed by atoms with Crippen LogP contribution in [0.3, 0.4) is 0 Å². The monoisotopic (exact) mass is 1260 g/mol. The molecule has 3 saturated carbocycles. The predicted octanol–water partition coefficient (Wildman–Crippen LogP) is 6.37. The molecule has 6 N–H and O–H groups in total. The van der Waals surface area contributed by atoms with Crippen LogP contribution >= 0.6 is 58.8 Å². The first-order valence-corrected chi connectivity index (χ1v) is 27.6. The van der Waals surface area contributed by atoms with Crippen molar-refractivity contribution in [1.29, 1.82) is 0 Å². The van der Waals surface area contributed by atoms with Gasteiger partial charge in [-0.05, 0) is 125 Å². The largest absolute Gasteiger partial charge is 1.00 e. The summed E-state index contributed by atoms with van der Waals surface area (Å²) in [5, 5.41) is 41.6. The van der Waals surface area contributed by atoms with E-state index < -0.39 is 5.97 Å². The molecule has 25 nitrogen and oxygen atoms in total. The Labute approximate surface area is 529 Å². The number of ether oxygens (including phenoxy) is 2. The van der Waals surface area contributed by atoms with Crippen LogP contribution in [0, 0.1) is 17.8 Å². The molecule has 9 aromatic rings. The van der Waals surface area contributed by atoms with Gasteiger partial charge in [-0.25, -0.2) is 15.0 Å². The van der Waals surface area contributed by atoms with Crippen LogP contribution in [0.5, 0.6) is 0 Å². The Morgan fingerprint density at radius 2 is 0.857 bits per heavy atom. The molecule has 0 aliphatic heterocycles. The maximum absolute atomic E-state index is 11.7. The van der Waals surface area contributed by atoms with E-state index in [1.807, 2.05) is 72.8 Å². The Bertz CT molecular complexity index is 3630. The number of hydrogen-bond acceptors (Lipinski definition) is 21. The number of nitrogens with one attached hydrogen (secondary N) is 2. The molecular formula is C53H58Cl5N18NaO7. The number of rotatable bonds is 10. The first kappa shape index (κ1) is 66.6. The molecule has 438 valence electrons. The van der Waals surface area contributed by atoms with Crippen LogP contribution < -0.4 is 45.9 Å². The second-order valence-electron chi connectivity index (χ2n) is 19.4. The third-order valence-corrected chi connectivity index (χ3v) is 15.1. The van der Waals surface area contributed by atoms with E-state index in [0.29, 0.717) is 63.3 Å². The van der Waals surface area contributed by atoms with Crippen molar-refractivity contribution in [2.45, 2.75) is 95.2 Å². The van der Waals surface area contributed by atoms with Gasteiger partial charge >= 0.3 is 47.5 Å². The number of hydrogen-bond donors (Lipinski definition) is 4. The van der Waals surface area contributed by atoms with Gasteiger partial charge in [0.05, 0.1) is 67.1 Å². The van der Waals surface area contributed by atoms with Crippen molar-refractivity contribution in [3.05, 3.63) is 112 Å². The smallest absolute Gasteiger partial charge is 0.870 e. The Kier molecular flexibility index (Phi) is 25.0. The van der Waals surface area contributed by atoms with Gasteiger partial charge in [0.15, 0.2) is 17.5 Å². The molecule has 84 heavy (non-hydrogen) atoms. The van der Waals surface area contributed by atoms with Gasteiger partial charge in [0, 0.05) is 18.1 Å². The zero-order valence-electron chi connectivity index (χ0n) is 45.8. The number of carbonyl (C=O) groups is 3. The molecule has 12 rings (SSSR count). The summed E-state index contributed by atoms with van der Waals surface area (Å²) in [5.41, 5.74) is 10.4. The molecule has 0 radical (unpaired) electrons. The summed E-state index contributed by atoms with van der Waals surface area (Å²) in [7, 11) is 2.88. The van der Waals surface area contributed by atoms with Crippen LogP contribution in [0.1, 0.15) is 77.0 Å². The van der Waals surface area contributed by atoms with Crippen LogP contribution in [-0.4, -0.2) is 136 Å². The minimum absolute atomic E-state index is 0. The van der Waals surface area contributed by atoms with Crippen LogP contribution in [-0.2, 0) is 23.9 Å². The number of aliphatic carboxylic acids is 1. The quantitative estimate of drug-likeness (QED) is 0.0656. The van der Waals surface area contributed by atoms with Crippen molar-refractivity contribution in [1.82, 2.24) is 74.9 Å². The minimum atomic E-state index is -0.716. The zero-order chi connectivity index (χ0) is 57.0. The van der Waals surface area contributed by atoms with E-state index >= 15 is 0 Å². The van der Waals surface area contributed by atoms with Gasteiger partial charge in [0.25, 0.3) is 0 Å². The zero-order valence-corrected chi connectivity index (χ0v) is 51.6. The second-order valence-corrected chi connectivity index (χ2v) is 21.0. The molecule has 0 spiro atoms. The minimum Gasteiger partial charge on any atom is -0.870 e. The van der Waals surface area contributed by atoms with Gasteiger partial charge in [-0.3, -0.25) is 14.4 Å². The van der Waals surface area contributed by atoms with E-state index in [9.17, 15) is 14.4 Å². The van der Waals surface area contributed by atoms with Crippen molar-refractivity contribution in [3.8, 4) is 17.5 Å². The van der Waals surface area contributed by atoms with E-state index in [0.717, 1.165) is 97.3 Å². The number of carbonyl (C=O) groups excluding carboxylic acids is 2. The maximum atomic E-state index is 11.7. The third kappa shape index (κ3) is 16.7. The second kappa shape index (κ2) is 31.6. The molecule has 31 heteroatoms. The first-order chi connectivity index (χ1) is 39.3. The number of carboxylic acids is 1. The molecule has 3 aromatic carbocycles. The van der Waals surface area contributed by atoms with E-state index in [1.54, 1.807) is 15.6 Å². The van der Waals surface area contributed by atoms with E-state index in [2.05, 4.69) is 76.2 Å². The van der Waals surface area contributed by atoms with Crippen molar-refractivity contribution in [2.24, 2.45) is 23.5 Å². The van der Waals surface area contributed by atoms with Gasteiger partial charge in [0.2, 0.25) is 17.2 Å². The van der Waals surface area contributed by atoms with Gasteiger partial charge < -0.3 is 36.4 Å². The Morgan fingerprint density at radius 1 is 0.524 bits per heavy atom. The fraction of sp³-hybridized carbons (Fsp3) is 0.377. The number of aromatic nitrogens is 15. The maximum Gasteiger partial charge on any atom is 1.00 e. The Hall–Kier alpha value is -6.52. The normalized spacial score (nSPS) is 18.9. The van der Waals surface area contributed by atoms with E-state index in [4.69, 9.17) is 62.0 Å². The number of carboxylic acid groups (broad SMARTS) is 1. The molecule has 0 bridgehead atoms. The first-order valence-electron chi connectivity index (χ1n) is 26.1. The van der Waals surface area contributed by atoms with Gasteiger partial charge in [-0.1, -0.05) is 86.8 Å². The van der Waals surface area contributed by atoms with Crippen molar-refractivity contribution >= 4 is 122 Å². The summed E-state index contributed by atoms with van der Waals surface area (Å²) in [5.74, 6) is 1.20. The summed E-state index contributed by atoms with van der Waals surface area (Å²) in [6.45, 7) is 0. The number of benzene rings is 3. The number of esters is 2. The number of para-hydroxylation sites is 3. The molecule has 3 aliphatic carbocycles. The summed E-state index contributed by atoms with van der Waals surface area (Å²) >= 11 is 24.3. The van der Waals surface area contributed by atoms with Gasteiger partial charge in [-0.15, -0.1) is 27.7 Å². The molecular weight excluding hydrogens is 1200 g/mol. The summed E-state index contributed by atoms with van der Waals surface area (Å²) in [6.07, 6.45) is 14.4. The summed E-state index contributed by atoms with van der Waals surface area (Å²) < 4.78 is 14.2. The summed E-state index contributed by atoms with van der Waals surface area (Å²) in [4.78, 5) is 59.1. The molecule has 3 fully saturated rings. The van der Waals surface area contributed by atoms with Gasteiger partial charge in [-0.2, -0.15) is 29.0 Å². The number of nitrogens with two attached hydrogens (primary N) is 1. The van der Waals surface area contributed by atoms with Crippen molar-refractivity contribution in [2.75, 3.05) is 24.9 Å². The number of methoxy groups -OCH3 is 2. The van der Waals surface area contributed by atoms with Crippen molar-refractivity contribution in [3.63, 3.8) is 0 Å². The van der Waals surface area contributed by atoms with Gasteiger partial charge in [0.1, 0.15) is 31.6 Å². The average molecular weight is 1260 g/mol. The SMILES string of the molecule is COC(=O)C1CCC(N)CC1.COC(=O)C1CCC(Nc2ncc(Cl)c(-n3nnc4ccccc43)n2)CC1.Cl.Clc1ncc(Cl)c(-n2nnc3ccccc32)n1.O=C(O)C1CCC(Nc2ncc(Cl)c(-n3nnc4ccccc43)n2)CC1.[Na+].[OH-]. The standard InChI is InChI=1S/C18H19ClN6O2.C17H17ClN6O2.C10H5Cl2N5.C8H15NO2.ClH.Na.H2O/c1-27-17(26)11-6-8-12(9-7-11)21-18-20-10-13(19)16(22-18)25-15-5-3-2-4-14(15)23-24-25;18-12-9-19-17(20-11-7-5-10(6-8-11)16(25)26)21-15(12)24-14-4-2-1-3-13(14)22-23-24;11-6-5-13-10(12)14-9(6)17-8-4-2-1-3-7(8)15-16-17;1-11-8(10)6-2-4-7(9)5-3-6;;;/h2-5,10-12H,6-9H2,1H3,(H,20,21,22);1-4,9-11H,5-8H2,(H,25,26)(H,19,20,21);1-5H;6-7H,2-5,9H2,1H3;1H;;1H2/q;;;;;+1;/p-1. The molecule has 0 unspecified atom stereocenters. The molecule has 0 saturated heterocycles. The summed E-state index contributed by atoms with van der Waals surface area (Å²) in [6, 6.07) is 23.3. The van der Waals surface area contributed by atoms with Crippen molar-refractivity contribution < 1.29 is 64.0 Å². The molecule has 0 atom stereocenters.